The second-order valence-corrected chi connectivity index (χ2v) is 18.4. The minimum atomic E-state index is -1.58. The van der Waals surface area contributed by atoms with Crippen molar-refractivity contribution in [2.45, 2.75) is 145 Å². The van der Waals surface area contributed by atoms with Crippen molar-refractivity contribution in [1.29, 1.82) is 0 Å². The standard InChI is InChI=1S/C48H79F2N15O11/c1-27(60-45(73)40(38(67)25-54)64-42(70)32(55)10-2-4-16-51)41(69)59-26-39(68)61-34(12-6-18-53)46(74)65-20-8-13-36(65)44(72)63-35(23-28-21-30(49)24-31(50)22-28)43(71)62-33(11-3-5-17-52)37(66)15-14-29(47(75)76)9-7-19-58-48(56)57/h9,21-22,24,27,32-36,38,40,67H,2-8,10-20,23,25-26,51-55H2,1H3,(H,59,69)(H,60,73)(H,61,68)(H,62,71)(H,63,72)(H,64,70)(H,75,76)(H4,56,57,58)/b29-9+/t27-,32-,33-,34+,35-,36-,38-,40-/m0/s1. The second-order valence-electron chi connectivity index (χ2n) is 18.4. The van der Waals surface area contributed by atoms with Gasteiger partial charge in [0.25, 0.3) is 0 Å². The van der Waals surface area contributed by atoms with Crippen molar-refractivity contribution >= 4 is 59.1 Å². The number of aliphatic carboxylic acids is 1. The minimum Gasteiger partial charge on any atom is -0.478 e. The molecule has 1 aromatic rings. The van der Waals surface area contributed by atoms with Gasteiger partial charge in [-0.05, 0) is 115 Å². The predicted molar refractivity (Wildman–Crippen MR) is 276 cm³/mol. The van der Waals surface area contributed by atoms with Crippen molar-refractivity contribution in [3.05, 3.63) is 47.0 Å². The summed E-state index contributed by atoms with van der Waals surface area (Å²) in [5.41, 5.74) is 38.9. The molecule has 2 rings (SSSR count). The van der Waals surface area contributed by atoms with Crippen molar-refractivity contribution in [3.63, 3.8) is 0 Å². The van der Waals surface area contributed by atoms with Gasteiger partial charge in [-0.25, -0.2) is 13.6 Å². The third kappa shape index (κ3) is 23.4. The van der Waals surface area contributed by atoms with E-state index in [2.05, 4.69) is 36.9 Å². The average molecular weight is 1080 g/mol. The highest BCUT2D eigenvalue weighted by molar-refractivity contribution is 5.98. The number of rotatable bonds is 36. The monoisotopic (exact) mass is 1080 g/mol. The van der Waals surface area contributed by atoms with E-state index in [1.165, 1.54) is 17.9 Å². The Morgan fingerprint density at radius 2 is 1.39 bits per heavy atom. The number of halogens is 2. The Labute approximate surface area is 440 Å². The Morgan fingerprint density at radius 3 is 2.00 bits per heavy atom. The molecule has 0 aromatic heterocycles. The number of carbonyl (C=O) groups is 9. The molecule has 28 heteroatoms. The summed E-state index contributed by atoms with van der Waals surface area (Å²) >= 11 is 0. The van der Waals surface area contributed by atoms with Crippen LogP contribution in [0.15, 0.2) is 34.8 Å². The van der Waals surface area contributed by atoms with Crippen LogP contribution in [0.3, 0.4) is 0 Å². The first-order valence-corrected chi connectivity index (χ1v) is 25.3. The van der Waals surface area contributed by atoms with Crippen molar-refractivity contribution < 1.29 is 62.1 Å². The smallest absolute Gasteiger partial charge is 0.331 e. The number of carboxylic acids is 1. The molecular formula is C48H79F2N15O11. The number of nitrogens with one attached hydrogen (secondary N) is 6. The van der Waals surface area contributed by atoms with Gasteiger partial charge in [0.1, 0.15) is 41.8 Å². The summed E-state index contributed by atoms with van der Waals surface area (Å²) in [5, 5.41) is 35.0. The molecule has 22 N–H and O–H groups in total. The van der Waals surface area contributed by atoms with Crippen molar-refractivity contribution in [2.75, 3.05) is 45.8 Å². The van der Waals surface area contributed by atoms with E-state index in [4.69, 9.17) is 40.1 Å². The van der Waals surface area contributed by atoms with E-state index >= 15 is 0 Å². The van der Waals surface area contributed by atoms with E-state index in [1.54, 1.807) is 0 Å². The second kappa shape index (κ2) is 34.8. The fourth-order valence-electron chi connectivity index (χ4n) is 8.07. The van der Waals surface area contributed by atoms with Crippen LogP contribution >= 0.6 is 0 Å². The number of guanidine groups is 1. The fraction of sp³-hybridized carbons (Fsp3) is 0.625. The highest BCUT2D eigenvalue weighted by Crippen LogP contribution is 2.21. The summed E-state index contributed by atoms with van der Waals surface area (Å²) in [6, 6.07) is -6.66. The highest BCUT2D eigenvalue weighted by atomic mass is 19.1. The lowest BCUT2D eigenvalue weighted by molar-refractivity contribution is -0.142. The summed E-state index contributed by atoms with van der Waals surface area (Å²) in [5.74, 6) is -9.85. The van der Waals surface area contributed by atoms with Gasteiger partial charge in [-0.1, -0.05) is 12.5 Å². The Morgan fingerprint density at radius 1 is 0.763 bits per heavy atom. The van der Waals surface area contributed by atoms with E-state index in [0.29, 0.717) is 44.7 Å². The molecule has 0 spiro atoms. The number of aliphatic hydroxyl groups is 1. The predicted octanol–water partition coefficient (Wildman–Crippen LogP) is -4.27. The van der Waals surface area contributed by atoms with Crippen LogP contribution in [0.1, 0.15) is 96.0 Å². The number of nitrogens with two attached hydrogens (primary N) is 7. The van der Waals surface area contributed by atoms with Crippen LogP contribution in [-0.2, 0) is 49.6 Å². The molecule has 76 heavy (non-hydrogen) atoms. The van der Waals surface area contributed by atoms with Gasteiger partial charge in [0.2, 0.25) is 41.4 Å². The van der Waals surface area contributed by atoms with Gasteiger partial charge in [-0.15, -0.1) is 0 Å². The summed E-state index contributed by atoms with van der Waals surface area (Å²) in [6.45, 7) is 1.03. The number of Topliss-reactive ketones (excluding diaryl/α,β-unsaturated/α-hetero) is 1. The third-order valence-corrected chi connectivity index (χ3v) is 12.2. The Hall–Kier alpha value is -6.72. The van der Waals surface area contributed by atoms with Gasteiger partial charge in [0, 0.05) is 44.1 Å². The number of likely N-dealkylation sites (tertiary alicyclic amines) is 1. The van der Waals surface area contributed by atoms with E-state index in [-0.39, 0.29) is 94.6 Å². The third-order valence-electron chi connectivity index (χ3n) is 12.2. The van der Waals surface area contributed by atoms with Crippen LogP contribution in [0.5, 0.6) is 0 Å². The number of hydrogen-bond acceptors (Lipinski definition) is 16. The summed E-state index contributed by atoms with van der Waals surface area (Å²) in [7, 11) is 0. The molecule has 1 aliphatic rings. The summed E-state index contributed by atoms with van der Waals surface area (Å²) in [4.78, 5) is 125. The number of aliphatic hydroxyl groups excluding tert-OH is 1. The van der Waals surface area contributed by atoms with Crippen LogP contribution in [-0.4, -0.2) is 168 Å². The number of aliphatic imine (C=N–C) groups is 1. The van der Waals surface area contributed by atoms with Gasteiger partial charge < -0.3 is 87.1 Å². The zero-order valence-corrected chi connectivity index (χ0v) is 43.0. The van der Waals surface area contributed by atoms with Crippen molar-refractivity contribution in [2.24, 2.45) is 45.1 Å². The number of amides is 7. The lowest BCUT2D eigenvalue weighted by Gasteiger charge is -2.30. The van der Waals surface area contributed by atoms with Gasteiger partial charge >= 0.3 is 5.97 Å². The topological polar surface area (TPSA) is 464 Å². The van der Waals surface area contributed by atoms with Crippen LogP contribution < -0.4 is 72.0 Å². The zero-order valence-electron chi connectivity index (χ0n) is 43.0. The molecular weight excluding hydrogens is 1000 g/mol. The van der Waals surface area contributed by atoms with Gasteiger partial charge in [-0.2, -0.15) is 0 Å². The van der Waals surface area contributed by atoms with Gasteiger partial charge in [-0.3, -0.25) is 43.3 Å². The first-order chi connectivity index (χ1) is 36.1. The number of benzene rings is 1. The average Bonchev–Trinajstić information content (AvgIpc) is 3.87. The van der Waals surface area contributed by atoms with Crippen LogP contribution in [0.25, 0.3) is 0 Å². The highest BCUT2D eigenvalue weighted by Gasteiger charge is 2.39. The van der Waals surface area contributed by atoms with Gasteiger partial charge in [0.15, 0.2) is 11.7 Å². The minimum absolute atomic E-state index is 0.00295. The lowest BCUT2D eigenvalue weighted by atomic mass is 9.97. The van der Waals surface area contributed by atoms with E-state index in [1.807, 2.05) is 0 Å². The molecule has 426 valence electrons. The number of carbonyl (C=O) groups excluding carboxylic acids is 8. The van der Waals surface area contributed by atoms with Crippen LogP contribution in [0.2, 0.25) is 0 Å². The maximum absolute atomic E-state index is 14.4. The zero-order chi connectivity index (χ0) is 56.9. The molecule has 1 aliphatic heterocycles. The summed E-state index contributed by atoms with van der Waals surface area (Å²) < 4.78 is 28.9. The molecule has 1 saturated heterocycles. The van der Waals surface area contributed by atoms with Crippen LogP contribution in [0, 0.1) is 11.6 Å². The molecule has 8 atom stereocenters. The number of nitrogens with zero attached hydrogens (tertiary/aromatic N) is 2. The molecule has 0 bridgehead atoms. The van der Waals surface area contributed by atoms with Crippen molar-refractivity contribution in [3.8, 4) is 0 Å². The molecule has 1 heterocycles. The summed E-state index contributed by atoms with van der Waals surface area (Å²) in [6.07, 6.45) is 1.89. The Kier molecular flexibility index (Phi) is 29.9. The molecule has 7 amide bonds. The molecule has 0 saturated carbocycles. The first kappa shape index (κ1) is 65.4. The first-order valence-electron chi connectivity index (χ1n) is 25.3. The number of ketones is 1. The van der Waals surface area contributed by atoms with Gasteiger partial charge in [0.05, 0.1) is 24.7 Å². The molecule has 26 nitrogen and oxygen atoms in total. The maximum Gasteiger partial charge on any atom is 0.331 e. The Balaban J connectivity index is 2.27. The SMILES string of the molecule is C[C@H](NC(=O)[C@@H](NC(=O)[C@@H](N)CCCCN)[C@@H](O)CN)C(=O)NCC(=O)N[C@H](CCCN)C(=O)N1CCC[C@H]1C(=O)N[C@@H](Cc1cc(F)cc(F)c1)C(=O)N[C@@H](CCCCN)C(=O)CC/C(=C\CCN=C(N)N)C(=O)O. The van der Waals surface area contributed by atoms with Crippen molar-refractivity contribution in [1.82, 2.24) is 36.8 Å². The lowest BCUT2D eigenvalue weighted by Crippen LogP contribution is -2.60. The normalized spacial score (nSPS) is 16.1. The quantitative estimate of drug-likeness (QED) is 0.0131. The number of hydrogen-bond donors (Lipinski definition) is 15. The maximum atomic E-state index is 14.4. The largest absolute Gasteiger partial charge is 0.478 e. The molecule has 0 aliphatic carbocycles. The Bertz CT molecular complexity index is 2160. The molecule has 0 unspecified atom stereocenters. The van der Waals surface area contributed by atoms with E-state index in [9.17, 15) is 62.1 Å². The fourth-order valence-corrected chi connectivity index (χ4v) is 8.07. The molecule has 1 aromatic carbocycles. The molecule has 0 radical (unpaired) electrons. The van der Waals surface area contributed by atoms with E-state index in [0.717, 1.165) is 12.1 Å². The van der Waals surface area contributed by atoms with E-state index < -0.39 is 133 Å². The number of carboxylic acid groups (broad SMARTS) is 1. The molecule has 1 fully saturated rings. The number of unbranched alkanes of at least 4 members (excludes halogenated alkanes) is 2. The van der Waals surface area contributed by atoms with Crippen LogP contribution in [0.4, 0.5) is 8.78 Å².